The third kappa shape index (κ3) is 4.09. The van der Waals surface area contributed by atoms with Gasteiger partial charge in [-0.15, -0.1) is 12.4 Å². The van der Waals surface area contributed by atoms with Crippen molar-refractivity contribution < 1.29 is 9.21 Å². The standard InChI is InChI=1S/C15H17BrN2O3.ClH/c1-3-17-6-7-18-14(19)13-9(2)11-8-10(16)4-5-12(11)21-15(13)20;/h4-5,8,17H,3,6-7H2,1-2H3,(H,18,19);1H. The fourth-order valence-corrected chi connectivity index (χ4v) is 2.48. The Balaban J connectivity index is 0.00000242. The van der Waals surface area contributed by atoms with Crippen LogP contribution in [0.15, 0.2) is 31.9 Å². The van der Waals surface area contributed by atoms with Crippen molar-refractivity contribution in [1.82, 2.24) is 10.6 Å². The van der Waals surface area contributed by atoms with Crippen LogP contribution in [0, 0.1) is 6.92 Å². The van der Waals surface area contributed by atoms with Crippen LogP contribution in [0.3, 0.4) is 0 Å². The number of rotatable bonds is 5. The Hall–Kier alpha value is -1.37. The second kappa shape index (κ2) is 8.31. The molecule has 22 heavy (non-hydrogen) atoms. The molecule has 0 radical (unpaired) electrons. The van der Waals surface area contributed by atoms with E-state index in [0.29, 0.717) is 24.2 Å². The molecule has 7 heteroatoms. The van der Waals surface area contributed by atoms with Gasteiger partial charge in [0.25, 0.3) is 5.91 Å². The van der Waals surface area contributed by atoms with Crippen molar-refractivity contribution in [3.8, 4) is 0 Å². The van der Waals surface area contributed by atoms with Crippen molar-refractivity contribution in [2.24, 2.45) is 0 Å². The molecule has 0 saturated heterocycles. The minimum Gasteiger partial charge on any atom is -0.422 e. The number of carbonyl (C=O) groups excluding carboxylic acids is 1. The Morgan fingerprint density at radius 2 is 2.05 bits per heavy atom. The summed E-state index contributed by atoms with van der Waals surface area (Å²) in [6, 6.07) is 5.34. The van der Waals surface area contributed by atoms with E-state index in [9.17, 15) is 9.59 Å². The van der Waals surface area contributed by atoms with E-state index in [0.717, 1.165) is 16.4 Å². The lowest BCUT2D eigenvalue weighted by Gasteiger charge is -2.09. The van der Waals surface area contributed by atoms with Crippen LogP contribution in [-0.2, 0) is 0 Å². The van der Waals surface area contributed by atoms with Crippen LogP contribution in [0.1, 0.15) is 22.8 Å². The fourth-order valence-electron chi connectivity index (χ4n) is 2.12. The molecule has 2 aromatic rings. The molecule has 1 amide bonds. The third-order valence-electron chi connectivity index (χ3n) is 3.19. The average molecular weight is 390 g/mol. The molecule has 0 bridgehead atoms. The van der Waals surface area contributed by atoms with Gasteiger partial charge in [-0.05, 0) is 37.2 Å². The number of carbonyl (C=O) groups is 1. The van der Waals surface area contributed by atoms with Crippen LogP contribution >= 0.6 is 28.3 Å². The Morgan fingerprint density at radius 3 is 2.73 bits per heavy atom. The lowest BCUT2D eigenvalue weighted by molar-refractivity contribution is 0.0950. The molecule has 0 saturated carbocycles. The zero-order valence-corrected chi connectivity index (χ0v) is 14.8. The summed E-state index contributed by atoms with van der Waals surface area (Å²) in [6.07, 6.45) is 0. The number of likely N-dealkylation sites (N-methyl/N-ethyl adjacent to an activating group) is 1. The molecular formula is C15H18BrClN2O3. The van der Waals surface area contributed by atoms with E-state index in [1.165, 1.54) is 0 Å². The summed E-state index contributed by atoms with van der Waals surface area (Å²) in [5.74, 6) is -0.402. The Kier molecular flexibility index (Phi) is 7.06. The summed E-state index contributed by atoms with van der Waals surface area (Å²) in [5.41, 5.74) is 0.564. The maximum absolute atomic E-state index is 12.2. The summed E-state index contributed by atoms with van der Waals surface area (Å²) in [7, 11) is 0. The molecule has 1 aromatic carbocycles. The SMILES string of the molecule is CCNCCNC(=O)c1c(C)c2cc(Br)ccc2oc1=O.Cl. The molecule has 0 unspecified atom stereocenters. The van der Waals surface area contributed by atoms with Gasteiger partial charge in [-0.3, -0.25) is 4.79 Å². The number of hydrogen-bond donors (Lipinski definition) is 2. The van der Waals surface area contributed by atoms with E-state index in [1.807, 2.05) is 13.0 Å². The second-order valence-corrected chi connectivity index (χ2v) is 5.56. The smallest absolute Gasteiger partial charge is 0.349 e. The number of aryl methyl sites for hydroxylation is 1. The highest BCUT2D eigenvalue weighted by atomic mass is 79.9. The van der Waals surface area contributed by atoms with Crippen molar-refractivity contribution in [3.05, 3.63) is 44.2 Å². The number of hydrogen-bond acceptors (Lipinski definition) is 4. The average Bonchev–Trinajstić information content (AvgIpc) is 2.44. The predicted octanol–water partition coefficient (Wildman–Crippen LogP) is 2.63. The van der Waals surface area contributed by atoms with Crippen LogP contribution in [0.5, 0.6) is 0 Å². The quantitative estimate of drug-likeness (QED) is 0.609. The number of halogens is 2. The van der Waals surface area contributed by atoms with Gasteiger partial charge in [-0.2, -0.15) is 0 Å². The minimum absolute atomic E-state index is 0. The molecule has 120 valence electrons. The lowest BCUT2D eigenvalue weighted by Crippen LogP contribution is -2.34. The zero-order valence-electron chi connectivity index (χ0n) is 12.4. The van der Waals surface area contributed by atoms with Gasteiger partial charge >= 0.3 is 5.63 Å². The maximum Gasteiger partial charge on any atom is 0.349 e. The Labute approximate surface area is 143 Å². The second-order valence-electron chi connectivity index (χ2n) is 4.64. The number of nitrogens with one attached hydrogen (secondary N) is 2. The van der Waals surface area contributed by atoms with Gasteiger partial charge in [-0.25, -0.2) is 4.79 Å². The van der Waals surface area contributed by atoms with Crippen molar-refractivity contribution in [3.63, 3.8) is 0 Å². The topological polar surface area (TPSA) is 71.3 Å². The first-order chi connectivity index (χ1) is 10.0. The van der Waals surface area contributed by atoms with Crippen molar-refractivity contribution in [2.75, 3.05) is 19.6 Å². The van der Waals surface area contributed by atoms with E-state index in [4.69, 9.17) is 4.42 Å². The molecule has 1 heterocycles. The van der Waals surface area contributed by atoms with Crippen LogP contribution in [-0.4, -0.2) is 25.5 Å². The summed E-state index contributed by atoms with van der Waals surface area (Å²) < 4.78 is 6.09. The number of benzene rings is 1. The lowest BCUT2D eigenvalue weighted by atomic mass is 10.1. The first-order valence-electron chi connectivity index (χ1n) is 6.76. The van der Waals surface area contributed by atoms with Crippen molar-refractivity contribution >= 4 is 45.2 Å². The highest BCUT2D eigenvalue weighted by molar-refractivity contribution is 9.10. The summed E-state index contributed by atoms with van der Waals surface area (Å²) in [4.78, 5) is 24.2. The van der Waals surface area contributed by atoms with E-state index in [2.05, 4.69) is 26.6 Å². The normalized spacial score (nSPS) is 10.3. The summed E-state index contributed by atoms with van der Waals surface area (Å²) >= 11 is 3.38. The van der Waals surface area contributed by atoms with E-state index < -0.39 is 11.5 Å². The molecule has 1 aromatic heterocycles. The van der Waals surface area contributed by atoms with Crippen LogP contribution in [0.2, 0.25) is 0 Å². The highest BCUT2D eigenvalue weighted by Crippen LogP contribution is 2.23. The van der Waals surface area contributed by atoms with Crippen LogP contribution in [0.4, 0.5) is 0 Å². The summed E-state index contributed by atoms with van der Waals surface area (Å²) in [5, 5.41) is 6.57. The summed E-state index contributed by atoms with van der Waals surface area (Å²) in [6.45, 7) is 5.70. The molecule has 2 N–H and O–H groups in total. The maximum atomic E-state index is 12.2. The molecule has 0 aliphatic heterocycles. The Bertz CT molecular complexity index is 731. The van der Waals surface area contributed by atoms with Gasteiger partial charge in [0.05, 0.1) is 0 Å². The molecule has 0 spiro atoms. The Morgan fingerprint density at radius 1 is 1.32 bits per heavy atom. The number of amides is 1. The van der Waals surface area contributed by atoms with Gasteiger partial charge in [-0.1, -0.05) is 22.9 Å². The highest BCUT2D eigenvalue weighted by Gasteiger charge is 2.18. The fraction of sp³-hybridized carbons (Fsp3) is 0.333. The zero-order chi connectivity index (χ0) is 15.4. The first kappa shape index (κ1) is 18.7. The van der Waals surface area contributed by atoms with Gasteiger partial charge < -0.3 is 15.1 Å². The van der Waals surface area contributed by atoms with Crippen LogP contribution in [0.25, 0.3) is 11.0 Å². The molecule has 0 atom stereocenters. The molecule has 2 rings (SSSR count). The third-order valence-corrected chi connectivity index (χ3v) is 3.69. The molecular weight excluding hydrogens is 372 g/mol. The van der Waals surface area contributed by atoms with E-state index in [-0.39, 0.29) is 18.0 Å². The molecule has 5 nitrogen and oxygen atoms in total. The largest absolute Gasteiger partial charge is 0.422 e. The van der Waals surface area contributed by atoms with Crippen molar-refractivity contribution in [1.29, 1.82) is 0 Å². The predicted molar refractivity (Wildman–Crippen MR) is 93.0 cm³/mol. The van der Waals surface area contributed by atoms with Gasteiger partial charge in [0.15, 0.2) is 0 Å². The van der Waals surface area contributed by atoms with E-state index in [1.54, 1.807) is 19.1 Å². The molecule has 0 fully saturated rings. The van der Waals surface area contributed by atoms with Gasteiger partial charge in [0.1, 0.15) is 11.1 Å². The van der Waals surface area contributed by atoms with Gasteiger partial charge in [0, 0.05) is 22.9 Å². The van der Waals surface area contributed by atoms with Crippen molar-refractivity contribution in [2.45, 2.75) is 13.8 Å². The van der Waals surface area contributed by atoms with Gasteiger partial charge in [0.2, 0.25) is 0 Å². The molecule has 0 aliphatic rings. The minimum atomic E-state index is -0.608. The number of fused-ring (bicyclic) bond motifs is 1. The molecule has 0 aliphatic carbocycles. The van der Waals surface area contributed by atoms with Crippen LogP contribution < -0.4 is 16.3 Å². The first-order valence-corrected chi connectivity index (χ1v) is 7.55. The monoisotopic (exact) mass is 388 g/mol. The van der Waals surface area contributed by atoms with E-state index >= 15 is 0 Å².